The fourth-order valence-electron chi connectivity index (χ4n) is 3.47. The molecule has 2 aliphatic rings. The molecule has 1 aromatic heterocycles. The number of hydrogen-bond acceptors (Lipinski definition) is 4. The Balaban J connectivity index is 1.85. The molecule has 3 rings (SSSR count). The number of nitrogens with zero attached hydrogens (tertiary/aromatic N) is 1. The molecule has 3 atom stereocenters. The zero-order valence-electron chi connectivity index (χ0n) is 13.1. The quantitative estimate of drug-likeness (QED) is 0.865. The molecular formula is C16H20N2O5. The van der Waals surface area contributed by atoms with Gasteiger partial charge < -0.3 is 19.7 Å². The summed E-state index contributed by atoms with van der Waals surface area (Å²) in [5.41, 5.74) is 0.957. The van der Waals surface area contributed by atoms with Crippen molar-refractivity contribution < 1.29 is 23.9 Å². The van der Waals surface area contributed by atoms with E-state index in [1.165, 1.54) is 0 Å². The van der Waals surface area contributed by atoms with Crippen molar-refractivity contribution in [3.8, 4) is 0 Å². The average Bonchev–Trinajstić information content (AvgIpc) is 3.09. The van der Waals surface area contributed by atoms with Crippen LogP contribution < -0.4 is 5.32 Å². The summed E-state index contributed by atoms with van der Waals surface area (Å²) in [6.45, 7) is 3.46. The van der Waals surface area contributed by atoms with E-state index < -0.39 is 24.0 Å². The number of carboxylic acid groups (broad SMARTS) is 1. The van der Waals surface area contributed by atoms with Gasteiger partial charge in [0.15, 0.2) is 0 Å². The van der Waals surface area contributed by atoms with E-state index >= 15 is 0 Å². The van der Waals surface area contributed by atoms with E-state index in [0.29, 0.717) is 18.6 Å². The normalized spacial score (nSPS) is 24.3. The number of carbonyl (C=O) groups is 3. The third kappa shape index (κ3) is 2.60. The van der Waals surface area contributed by atoms with Crippen molar-refractivity contribution in [2.24, 2.45) is 5.92 Å². The van der Waals surface area contributed by atoms with E-state index in [1.807, 2.05) is 6.07 Å². The van der Waals surface area contributed by atoms with Gasteiger partial charge in [-0.3, -0.25) is 9.59 Å². The summed E-state index contributed by atoms with van der Waals surface area (Å²) in [5.74, 6) is -1.12. The van der Waals surface area contributed by atoms with Gasteiger partial charge >= 0.3 is 5.97 Å². The molecule has 1 saturated heterocycles. The fourth-order valence-corrected chi connectivity index (χ4v) is 3.47. The minimum absolute atomic E-state index is 0.0709. The Labute approximate surface area is 133 Å². The molecule has 0 aromatic carbocycles. The van der Waals surface area contributed by atoms with Crippen molar-refractivity contribution in [3.63, 3.8) is 0 Å². The number of nitrogens with one attached hydrogen (secondary N) is 1. The van der Waals surface area contributed by atoms with Gasteiger partial charge in [-0.05, 0) is 18.4 Å². The van der Waals surface area contributed by atoms with Crippen LogP contribution in [-0.2, 0) is 20.8 Å². The number of furan rings is 1. The number of hydrogen-bond donors (Lipinski definition) is 2. The van der Waals surface area contributed by atoms with Crippen LogP contribution in [-0.4, -0.2) is 39.9 Å². The monoisotopic (exact) mass is 320 g/mol. The zero-order chi connectivity index (χ0) is 16.7. The number of fused-ring (bicyclic) bond motifs is 3. The van der Waals surface area contributed by atoms with Crippen LogP contribution in [0.5, 0.6) is 0 Å². The first-order chi connectivity index (χ1) is 10.9. The minimum atomic E-state index is -1.08. The van der Waals surface area contributed by atoms with Gasteiger partial charge in [0.25, 0.3) is 0 Å². The van der Waals surface area contributed by atoms with Crippen molar-refractivity contribution >= 4 is 17.8 Å². The summed E-state index contributed by atoms with van der Waals surface area (Å²) < 4.78 is 5.45. The van der Waals surface area contributed by atoms with Gasteiger partial charge in [0.05, 0.1) is 12.3 Å². The lowest BCUT2D eigenvalue weighted by atomic mass is 9.93. The smallest absolute Gasteiger partial charge is 0.326 e. The topological polar surface area (TPSA) is 99.9 Å². The van der Waals surface area contributed by atoms with Crippen LogP contribution in [0.2, 0.25) is 0 Å². The summed E-state index contributed by atoms with van der Waals surface area (Å²) in [7, 11) is 0. The predicted molar refractivity (Wildman–Crippen MR) is 79.4 cm³/mol. The first-order valence-corrected chi connectivity index (χ1v) is 7.80. The molecule has 0 radical (unpaired) electrons. The highest BCUT2D eigenvalue weighted by Gasteiger charge is 2.46. The maximum Gasteiger partial charge on any atom is 0.326 e. The molecule has 2 amide bonds. The molecule has 0 unspecified atom stereocenters. The van der Waals surface area contributed by atoms with Gasteiger partial charge in [-0.25, -0.2) is 4.79 Å². The second-order valence-corrected chi connectivity index (χ2v) is 6.44. The molecule has 1 fully saturated rings. The van der Waals surface area contributed by atoms with E-state index in [9.17, 15) is 19.5 Å². The minimum Gasteiger partial charge on any atom is -0.480 e. The Morgan fingerprint density at radius 1 is 1.43 bits per heavy atom. The molecule has 0 aliphatic carbocycles. The summed E-state index contributed by atoms with van der Waals surface area (Å²) in [5, 5.41) is 11.8. The van der Waals surface area contributed by atoms with Crippen LogP contribution in [0.1, 0.15) is 44.1 Å². The van der Waals surface area contributed by atoms with Crippen molar-refractivity contribution in [3.05, 3.63) is 23.7 Å². The van der Waals surface area contributed by atoms with Gasteiger partial charge in [0, 0.05) is 18.4 Å². The molecule has 7 nitrogen and oxygen atoms in total. The maximum atomic E-state index is 12.6. The van der Waals surface area contributed by atoms with Crippen LogP contribution in [0.4, 0.5) is 0 Å². The lowest BCUT2D eigenvalue weighted by Gasteiger charge is -2.36. The van der Waals surface area contributed by atoms with E-state index in [-0.39, 0.29) is 24.3 Å². The molecule has 0 spiro atoms. The number of carbonyl (C=O) groups excluding carboxylic acids is 2. The lowest BCUT2D eigenvalue weighted by molar-refractivity contribution is -0.145. The number of amides is 2. The van der Waals surface area contributed by atoms with Gasteiger partial charge in [0.2, 0.25) is 11.8 Å². The highest BCUT2D eigenvalue weighted by molar-refractivity contribution is 5.92. The first-order valence-electron chi connectivity index (χ1n) is 7.80. The highest BCUT2D eigenvalue weighted by Crippen LogP contribution is 2.41. The van der Waals surface area contributed by atoms with E-state index in [4.69, 9.17) is 4.42 Å². The Hall–Kier alpha value is -2.31. The summed E-state index contributed by atoms with van der Waals surface area (Å²) in [4.78, 5) is 37.7. The number of aliphatic carboxylic acids is 1. The summed E-state index contributed by atoms with van der Waals surface area (Å²) in [6, 6.07) is 0.00226. The fraction of sp³-hybridized carbons (Fsp3) is 0.562. The molecule has 1 aromatic rings. The lowest BCUT2D eigenvalue weighted by Crippen LogP contribution is -2.55. The van der Waals surface area contributed by atoms with Crippen LogP contribution >= 0.6 is 0 Å². The van der Waals surface area contributed by atoms with E-state index in [1.54, 1.807) is 25.0 Å². The Kier molecular flexibility index (Phi) is 3.87. The Morgan fingerprint density at radius 3 is 2.83 bits per heavy atom. The SMILES string of the molecule is CC(C)[C@H](NC(=O)[C@@H]1Cc2occc2[C@H]2CCC(=O)N21)C(=O)O. The number of rotatable bonds is 4. The van der Waals surface area contributed by atoms with Crippen molar-refractivity contribution in [2.75, 3.05) is 0 Å². The standard InChI is InChI=1S/C16H20N2O5/c1-8(2)14(16(21)22)17-15(20)11-7-12-9(5-6-23-12)10-3-4-13(19)18(10)11/h5-6,8,10-11,14H,3-4,7H2,1-2H3,(H,17,20)(H,21,22)/t10-,11+,14+/m1/s1. The molecule has 2 aliphatic heterocycles. The van der Waals surface area contributed by atoms with E-state index in [2.05, 4.69) is 5.32 Å². The molecule has 7 heteroatoms. The molecule has 0 saturated carbocycles. The first kappa shape index (κ1) is 15.6. The second-order valence-electron chi connectivity index (χ2n) is 6.44. The van der Waals surface area contributed by atoms with Crippen molar-refractivity contribution in [1.82, 2.24) is 10.2 Å². The molecule has 0 bridgehead atoms. The Bertz CT molecular complexity index is 651. The molecule has 2 N–H and O–H groups in total. The third-order valence-corrected chi connectivity index (χ3v) is 4.64. The molecule has 3 heterocycles. The zero-order valence-corrected chi connectivity index (χ0v) is 13.1. The summed E-state index contributed by atoms with van der Waals surface area (Å²) >= 11 is 0. The summed E-state index contributed by atoms with van der Waals surface area (Å²) in [6.07, 6.45) is 2.90. The predicted octanol–water partition coefficient (Wildman–Crippen LogP) is 1.09. The van der Waals surface area contributed by atoms with E-state index in [0.717, 1.165) is 5.56 Å². The average molecular weight is 320 g/mol. The second kappa shape index (κ2) is 5.72. The van der Waals surface area contributed by atoms with Gasteiger partial charge in [-0.15, -0.1) is 0 Å². The van der Waals surface area contributed by atoms with Crippen LogP contribution in [0, 0.1) is 5.92 Å². The van der Waals surface area contributed by atoms with Crippen LogP contribution in [0.3, 0.4) is 0 Å². The number of carboxylic acids is 1. The van der Waals surface area contributed by atoms with Crippen molar-refractivity contribution in [2.45, 2.75) is 51.2 Å². The van der Waals surface area contributed by atoms with Crippen LogP contribution in [0.25, 0.3) is 0 Å². The Morgan fingerprint density at radius 2 is 2.17 bits per heavy atom. The largest absolute Gasteiger partial charge is 0.480 e. The molecular weight excluding hydrogens is 300 g/mol. The van der Waals surface area contributed by atoms with Gasteiger partial charge in [0.1, 0.15) is 17.8 Å². The van der Waals surface area contributed by atoms with Crippen molar-refractivity contribution in [1.29, 1.82) is 0 Å². The third-order valence-electron chi connectivity index (χ3n) is 4.64. The van der Waals surface area contributed by atoms with Gasteiger partial charge in [-0.2, -0.15) is 0 Å². The van der Waals surface area contributed by atoms with Gasteiger partial charge in [-0.1, -0.05) is 13.8 Å². The van der Waals surface area contributed by atoms with Crippen LogP contribution in [0.15, 0.2) is 16.7 Å². The molecule has 23 heavy (non-hydrogen) atoms. The molecule has 124 valence electrons. The maximum absolute atomic E-state index is 12.6. The highest BCUT2D eigenvalue weighted by atomic mass is 16.4.